The summed E-state index contributed by atoms with van der Waals surface area (Å²) in [4.78, 5) is 0. The van der Waals surface area contributed by atoms with Crippen LogP contribution in [0.1, 0.15) is 22.3 Å². The molecule has 0 bridgehead atoms. The Morgan fingerprint density at radius 1 is 0.692 bits per heavy atom. The summed E-state index contributed by atoms with van der Waals surface area (Å²) >= 11 is 0. The van der Waals surface area contributed by atoms with E-state index in [1.165, 1.54) is 16.7 Å². The van der Waals surface area contributed by atoms with E-state index < -0.39 is 0 Å². The number of methoxy groups -OCH3 is 2. The highest BCUT2D eigenvalue weighted by molar-refractivity contribution is 5.43. The lowest BCUT2D eigenvalue weighted by atomic mass is 10.0. The fourth-order valence-electron chi connectivity index (χ4n) is 2.77. The average molecular weight is 348 g/mol. The number of hydrogen-bond donors (Lipinski definition) is 0. The van der Waals surface area contributed by atoms with Crippen molar-refractivity contribution in [2.24, 2.45) is 0 Å². The third kappa shape index (κ3) is 4.57. The minimum Gasteiger partial charge on any atom is -0.497 e. The third-order valence-electron chi connectivity index (χ3n) is 4.34. The quantitative estimate of drug-likeness (QED) is 0.589. The van der Waals surface area contributed by atoms with Gasteiger partial charge in [-0.2, -0.15) is 0 Å². The Labute approximate surface area is 155 Å². The maximum atomic E-state index is 5.87. The molecule has 0 aliphatic heterocycles. The van der Waals surface area contributed by atoms with Gasteiger partial charge in [0.1, 0.15) is 23.9 Å². The van der Waals surface area contributed by atoms with E-state index in [4.69, 9.17) is 14.2 Å². The van der Waals surface area contributed by atoms with E-state index in [2.05, 4.69) is 43.3 Å². The summed E-state index contributed by atoms with van der Waals surface area (Å²) in [5.41, 5.74) is 4.76. The second kappa shape index (κ2) is 8.43. The molecular weight excluding hydrogens is 324 g/mol. The van der Waals surface area contributed by atoms with Crippen molar-refractivity contribution in [3.05, 3.63) is 89.0 Å². The second-order valence-corrected chi connectivity index (χ2v) is 6.27. The van der Waals surface area contributed by atoms with Crippen LogP contribution in [0, 0.1) is 6.92 Å². The first-order valence-electron chi connectivity index (χ1n) is 8.66. The molecular formula is C23H24O3. The Hall–Kier alpha value is -2.94. The Morgan fingerprint density at radius 2 is 1.35 bits per heavy atom. The van der Waals surface area contributed by atoms with Crippen molar-refractivity contribution in [3.63, 3.8) is 0 Å². The number of benzene rings is 3. The molecule has 0 amide bonds. The van der Waals surface area contributed by atoms with Crippen molar-refractivity contribution < 1.29 is 14.2 Å². The van der Waals surface area contributed by atoms with Gasteiger partial charge in [-0.25, -0.2) is 0 Å². The van der Waals surface area contributed by atoms with Crippen LogP contribution < -0.4 is 14.2 Å². The third-order valence-corrected chi connectivity index (χ3v) is 4.34. The topological polar surface area (TPSA) is 27.7 Å². The zero-order valence-electron chi connectivity index (χ0n) is 15.5. The molecule has 0 radical (unpaired) electrons. The fourth-order valence-corrected chi connectivity index (χ4v) is 2.77. The first-order chi connectivity index (χ1) is 12.7. The number of aryl methyl sites for hydroxylation is 1. The molecule has 0 aliphatic carbocycles. The Kier molecular flexibility index (Phi) is 5.80. The first kappa shape index (κ1) is 17.9. The molecule has 0 N–H and O–H groups in total. The summed E-state index contributed by atoms with van der Waals surface area (Å²) in [6.07, 6.45) is 0.797. The van der Waals surface area contributed by atoms with Crippen LogP contribution in [0.15, 0.2) is 66.7 Å². The zero-order valence-corrected chi connectivity index (χ0v) is 15.5. The van der Waals surface area contributed by atoms with Crippen molar-refractivity contribution in [1.82, 2.24) is 0 Å². The summed E-state index contributed by atoms with van der Waals surface area (Å²) in [5, 5.41) is 0. The first-order valence-corrected chi connectivity index (χ1v) is 8.66. The van der Waals surface area contributed by atoms with Crippen molar-refractivity contribution in [2.75, 3.05) is 14.2 Å². The van der Waals surface area contributed by atoms with Crippen LogP contribution >= 0.6 is 0 Å². The highest BCUT2D eigenvalue weighted by Gasteiger charge is 2.06. The van der Waals surface area contributed by atoms with Crippen LogP contribution in [0.4, 0.5) is 0 Å². The molecule has 3 nitrogen and oxygen atoms in total. The van der Waals surface area contributed by atoms with Crippen LogP contribution in [0.25, 0.3) is 0 Å². The molecule has 3 rings (SSSR count). The minimum absolute atomic E-state index is 0.575. The molecule has 0 aliphatic rings. The summed E-state index contributed by atoms with van der Waals surface area (Å²) in [5.74, 6) is 2.51. The van der Waals surface area contributed by atoms with Gasteiger partial charge in [-0.15, -0.1) is 0 Å². The Bertz CT molecular complexity index is 836. The van der Waals surface area contributed by atoms with Crippen LogP contribution in [0.5, 0.6) is 17.2 Å². The maximum Gasteiger partial charge on any atom is 0.126 e. The van der Waals surface area contributed by atoms with E-state index >= 15 is 0 Å². The predicted molar refractivity (Wildman–Crippen MR) is 104 cm³/mol. The van der Waals surface area contributed by atoms with Gasteiger partial charge >= 0.3 is 0 Å². The molecule has 0 saturated carbocycles. The Balaban J connectivity index is 1.63. The van der Waals surface area contributed by atoms with E-state index in [1.807, 2.05) is 30.3 Å². The van der Waals surface area contributed by atoms with Gasteiger partial charge < -0.3 is 14.2 Å². The summed E-state index contributed by atoms with van der Waals surface area (Å²) < 4.78 is 16.6. The van der Waals surface area contributed by atoms with Crippen LogP contribution in [0.2, 0.25) is 0 Å². The molecule has 0 aromatic heterocycles. The fraction of sp³-hybridized carbons (Fsp3) is 0.217. The van der Waals surface area contributed by atoms with Gasteiger partial charge in [-0.1, -0.05) is 48.0 Å². The normalized spacial score (nSPS) is 10.4. The zero-order chi connectivity index (χ0) is 18.4. The van der Waals surface area contributed by atoms with Crippen molar-refractivity contribution >= 4 is 0 Å². The lowest BCUT2D eigenvalue weighted by molar-refractivity contribution is 0.306. The molecule has 0 spiro atoms. The standard InChI is InChI=1S/C23H24O3/c1-17-4-6-19(7-5-17)16-26-21-11-8-18(9-12-21)14-20-10-13-22(24-2)15-23(20)25-3/h4-13,15H,14,16H2,1-3H3. The summed E-state index contributed by atoms with van der Waals surface area (Å²) in [6, 6.07) is 22.5. The van der Waals surface area contributed by atoms with Crippen molar-refractivity contribution in [3.8, 4) is 17.2 Å². The number of ether oxygens (including phenoxy) is 3. The van der Waals surface area contributed by atoms with Gasteiger partial charge in [-0.05, 0) is 41.8 Å². The lowest BCUT2D eigenvalue weighted by Gasteiger charge is -2.11. The molecule has 0 unspecified atom stereocenters. The van der Waals surface area contributed by atoms with Crippen LogP contribution in [0.3, 0.4) is 0 Å². The highest BCUT2D eigenvalue weighted by Crippen LogP contribution is 2.27. The van der Waals surface area contributed by atoms with Crippen molar-refractivity contribution in [1.29, 1.82) is 0 Å². The van der Waals surface area contributed by atoms with Gasteiger partial charge in [0, 0.05) is 12.5 Å². The monoisotopic (exact) mass is 348 g/mol. The van der Waals surface area contributed by atoms with E-state index in [1.54, 1.807) is 14.2 Å². The minimum atomic E-state index is 0.575. The molecule has 0 fully saturated rings. The molecule has 3 heteroatoms. The van der Waals surface area contributed by atoms with Crippen molar-refractivity contribution in [2.45, 2.75) is 20.0 Å². The smallest absolute Gasteiger partial charge is 0.126 e. The highest BCUT2D eigenvalue weighted by atomic mass is 16.5. The SMILES string of the molecule is COc1ccc(Cc2ccc(OCc3ccc(C)cc3)cc2)c(OC)c1. The largest absolute Gasteiger partial charge is 0.497 e. The van der Waals surface area contributed by atoms with Gasteiger partial charge in [0.2, 0.25) is 0 Å². The summed E-state index contributed by atoms with van der Waals surface area (Å²) in [7, 11) is 3.34. The average Bonchev–Trinajstić information content (AvgIpc) is 2.69. The molecule has 0 saturated heterocycles. The number of rotatable bonds is 7. The van der Waals surface area contributed by atoms with E-state index in [0.29, 0.717) is 6.61 Å². The Morgan fingerprint density at radius 3 is 2.00 bits per heavy atom. The summed E-state index contributed by atoms with van der Waals surface area (Å²) in [6.45, 7) is 2.66. The molecule has 0 atom stereocenters. The van der Waals surface area contributed by atoms with Gasteiger partial charge in [0.25, 0.3) is 0 Å². The second-order valence-electron chi connectivity index (χ2n) is 6.27. The van der Waals surface area contributed by atoms with Gasteiger partial charge in [0.05, 0.1) is 14.2 Å². The molecule has 26 heavy (non-hydrogen) atoms. The molecule has 0 heterocycles. The van der Waals surface area contributed by atoms with Crippen LogP contribution in [-0.4, -0.2) is 14.2 Å². The van der Waals surface area contributed by atoms with Crippen LogP contribution in [-0.2, 0) is 13.0 Å². The van der Waals surface area contributed by atoms with Gasteiger partial charge in [-0.3, -0.25) is 0 Å². The van der Waals surface area contributed by atoms with E-state index in [0.717, 1.165) is 29.2 Å². The van der Waals surface area contributed by atoms with E-state index in [-0.39, 0.29) is 0 Å². The molecule has 3 aromatic carbocycles. The maximum absolute atomic E-state index is 5.87. The molecule has 134 valence electrons. The predicted octanol–water partition coefficient (Wildman–Crippen LogP) is 5.18. The lowest BCUT2D eigenvalue weighted by Crippen LogP contribution is -1.97. The van der Waals surface area contributed by atoms with E-state index in [9.17, 15) is 0 Å². The molecule has 3 aromatic rings. The van der Waals surface area contributed by atoms with Gasteiger partial charge in [0.15, 0.2) is 0 Å². The number of hydrogen-bond acceptors (Lipinski definition) is 3.